The average molecular weight is 323 g/mol. The summed E-state index contributed by atoms with van der Waals surface area (Å²) in [5.41, 5.74) is 3.13. The second-order valence-corrected chi connectivity index (χ2v) is 5.56. The molecule has 4 heteroatoms. The van der Waals surface area contributed by atoms with E-state index in [0.717, 1.165) is 11.1 Å². The standard InChI is InChI=1S/C20H21NO3/c1-3-12-24-19-10-8-16(13-18(19)22)9-11-20(23)21-14-17-6-4-15(2)5-7-17/h1,4-8,10,13,22H,9,11-12,14H2,2H3,(H,21,23). The van der Waals surface area contributed by atoms with E-state index in [1.165, 1.54) is 5.56 Å². The summed E-state index contributed by atoms with van der Waals surface area (Å²) in [6, 6.07) is 13.1. The van der Waals surface area contributed by atoms with Crippen molar-refractivity contribution < 1.29 is 14.6 Å². The van der Waals surface area contributed by atoms with E-state index in [9.17, 15) is 9.90 Å². The first-order chi connectivity index (χ1) is 11.6. The monoisotopic (exact) mass is 323 g/mol. The third-order valence-corrected chi connectivity index (χ3v) is 3.59. The second kappa shape index (κ2) is 8.64. The zero-order valence-electron chi connectivity index (χ0n) is 13.7. The van der Waals surface area contributed by atoms with Gasteiger partial charge in [0.2, 0.25) is 5.91 Å². The Bertz CT molecular complexity index is 730. The number of rotatable bonds is 7. The van der Waals surface area contributed by atoms with Crippen LogP contribution in [0.15, 0.2) is 42.5 Å². The van der Waals surface area contributed by atoms with Crippen LogP contribution in [0.3, 0.4) is 0 Å². The van der Waals surface area contributed by atoms with Crippen molar-refractivity contribution in [3.63, 3.8) is 0 Å². The summed E-state index contributed by atoms with van der Waals surface area (Å²) in [7, 11) is 0. The first-order valence-corrected chi connectivity index (χ1v) is 7.79. The highest BCUT2D eigenvalue weighted by molar-refractivity contribution is 5.76. The highest BCUT2D eigenvalue weighted by atomic mass is 16.5. The molecule has 2 aromatic rings. The number of hydrogen-bond donors (Lipinski definition) is 2. The molecule has 0 heterocycles. The molecule has 0 unspecified atom stereocenters. The molecule has 0 fully saturated rings. The van der Waals surface area contributed by atoms with E-state index in [2.05, 4.69) is 11.2 Å². The number of ether oxygens (including phenoxy) is 1. The summed E-state index contributed by atoms with van der Waals surface area (Å²) in [6.07, 6.45) is 6.02. The number of hydrogen-bond acceptors (Lipinski definition) is 3. The first-order valence-electron chi connectivity index (χ1n) is 7.79. The molecule has 0 aliphatic rings. The lowest BCUT2D eigenvalue weighted by atomic mass is 10.1. The summed E-state index contributed by atoms with van der Waals surface area (Å²) in [4.78, 5) is 11.9. The topological polar surface area (TPSA) is 58.6 Å². The van der Waals surface area contributed by atoms with Crippen molar-refractivity contribution in [3.05, 3.63) is 59.2 Å². The van der Waals surface area contributed by atoms with Crippen LogP contribution in [-0.4, -0.2) is 17.6 Å². The molecular formula is C20H21NO3. The van der Waals surface area contributed by atoms with Crippen molar-refractivity contribution in [1.29, 1.82) is 0 Å². The number of phenolic OH excluding ortho intramolecular Hbond substituents is 1. The minimum atomic E-state index is -0.0253. The largest absolute Gasteiger partial charge is 0.504 e. The number of carbonyl (C=O) groups is 1. The molecule has 0 aliphatic carbocycles. The van der Waals surface area contributed by atoms with Crippen LogP contribution in [0.25, 0.3) is 0 Å². The zero-order chi connectivity index (χ0) is 17.4. The molecule has 0 aromatic heterocycles. The van der Waals surface area contributed by atoms with E-state index < -0.39 is 0 Å². The molecule has 0 spiro atoms. The fourth-order valence-electron chi connectivity index (χ4n) is 2.21. The molecule has 2 N–H and O–H groups in total. The van der Waals surface area contributed by atoms with Crippen LogP contribution in [0.1, 0.15) is 23.1 Å². The van der Waals surface area contributed by atoms with E-state index >= 15 is 0 Å². The third kappa shape index (κ3) is 5.36. The van der Waals surface area contributed by atoms with Crippen LogP contribution in [0, 0.1) is 19.3 Å². The zero-order valence-corrected chi connectivity index (χ0v) is 13.7. The SMILES string of the molecule is C#CCOc1ccc(CCC(=O)NCc2ccc(C)cc2)cc1O. The molecule has 124 valence electrons. The van der Waals surface area contributed by atoms with Crippen molar-refractivity contribution in [2.24, 2.45) is 0 Å². The molecule has 0 radical (unpaired) electrons. The predicted octanol–water partition coefficient (Wildman–Crippen LogP) is 2.96. The lowest BCUT2D eigenvalue weighted by molar-refractivity contribution is -0.121. The van der Waals surface area contributed by atoms with Gasteiger partial charge in [-0.1, -0.05) is 41.8 Å². The number of phenols is 1. The maximum Gasteiger partial charge on any atom is 0.220 e. The predicted molar refractivity (Wildman–Crippen MR) is 93.8 cm³/mol. The fourth-order valence-corrected chi connectivity index (χ4v) is 2.21. The van der Waals surface area contributed by atoms with E-state index in [4.69, 9.17) is 11.2 Å². The average Bonchev–Trinajstić information content (AvgIpc) is 2.58. The maximum absolute atomic E-state index is 11.9. The second-order valence-electron chi connectivity index (χ2n) is 5.56. The van der Waals surface area contributed by atoms with Gasteiger partial charge in [0.05, 0.1) is 0 Å². The number of carbonyl (C=O) groups excluding carboxylic acids is 1. The smallest absolute Gasteiger partial charge is 0.220 e. The molecule has 0 aliphatic heterocycles. The Morgan fingerprint density at radius 1 is 1.21 bits per heavy atom. The fraction of sp³-hybridized carbons (Fsp3) is 0.250. The van der Waals surface area contributed by atoms with Gasteiger partial charge >= 0.3 is 0 Å². The number of benzene rings is 2. The summed E-state index contributed by atoms with van der Waals surface area (Å²) < 4.78 is 5.20. The van der Waals surface area contributed by atoms with Crippen molar-refractivity contribution in [2.45, 2.75) is 26.3 Å². The minimum absolute atomic E-state index is 0.0253. The number of nitrogens with one attached hydrogen (secondary N) is 1. The number of aryl methyl sites for hydroxylation is 2. The Hall–Kier alpha value is -2.93. The molecule has 24 heavy (non-hydrogen) atoms. The van der Waals surface area contributed by atoms with E-state index in [1.807, 2.05) is 37.3 Å². The van der Waals surface area contributed by atoms with Crippen LogP contribution < -0.4 is 10.1 Å². The van der Waals surface area contributed by atoms with Gasteiger partial charge in [-0.2, -0.15) is 0 Å². The molecule has 0 saturated heterocycles. The Morgan fingerprint density at radius 3 is 2.58 bits per heavy atom. The lowest BCUT2D eigenvalue weighted by Gasteiger charge is -2.08. The van der Waals surface area contributed by atoms with Gasteiger partial charge in [-0.25, -0.2) is 0 Å². The third-order valence-electron chi connectivity index (χ3n) is 3.59. The molecule has 2 aromatic carbocycles. The van der Waals surface area contributed by atoms with Crippen molar-refractivity contribution in [1.82, 2.24) is 5.32 Å². The van der Waals surface area contributed by atoms with Crippen LogP contribution in [0.2, 0.25) is 0 Å². The van der Waals surface area contributed by atoms with Gasteiger partial charge in [-0.15, -0.1) is 6.42 Å². The van der Waals surface area contributed by atoms with Crippen LogP contribution in [0.4, 0.5) is 0 Å². The molecule has 2 rings (SSSR count). The highest BCUT2D eigenvalue weighted by Crippen LogP contribution is 2.27. The van der Waals surface area contributed by atoms with Crippen LogP contribution >= 0.6 is 0 Å². The Balaban J connectivity index is 1.80. The quantitative estimate of drug-likeness (QED) is 0.770. The number of amides is 1. The van der Waals surface area contributed by atoms with E-state index in [0.29, 0.717) is 25.1 Å². The molecule has 1 amide bonds. The van der Waals surface area contributed by atoms with Gasteiger partial charge in [0, 0.05) is 13.0 Å². The van der Waals surface area contributed by atoms with Crippen molar-refractivity contribution in [3.8, 4) is 23.8 Å². The Kier molecular flexibility index (Phi) is 6.27. The molecule has 0 bridgehead atoms. The normalized spacial score (nSPS) is 10.0. The van der Waals surface area contributed by atoms with Gasteiger partial charge in [-0.05, 0) is 36.6 Å². The van der Waals surface area contributed by atoms with Crippen molar-refractivity contribution in [2.75, 3.05) is 6.61 Å². The molecule has 0 saturated carbocycles. The van der Waals surface area contributed by atoms with Gasteiger partial charge in [-0.3, -0.25) is 4.79 Å². The first kappa shape index (κ1) is 17.4. The minimum Gasteiger partial charge on any atom is -0.504 e. The Labute approximate surface area is 142 Å². The van der Waals surface area contributed by atoms with E-state index in [1.54, 1.807) is 12.1 Å². The maximum atomic E-state index is 11.9. The Morgan fingerprint density at radius 2 is 1.92 bits per heavy atom. The van der Waals surface area contributed by atoms with Crippen LogP contribution in [-0.2, 0) is 17.8 Å². The van der Waals surface area contributed by atoms with Gasteiger partial charge in [0.25, 0.3) is 0 Å². The number of terminal acetylenes is 1. The van der Waals surface area contributed by atoms with E-state index in [-0.39, 0.29) is 18.3 Å². The summed E-state index contributed by atoms with van der Waals surface area (Å²) in [5.74, 6) is 2.70. The van der Waals surface area contributed by atoms with Crippen molar-refractivity contribution >= 4 is 5.91 Å². The van der Waals surface area contributed by atoms with Gasteiger partial charge in [0.15, 0.2) is 11.5 Å². The highest BCUT2D eigenvalue weighted by Gasteiger charge is 2.06. The van der Waals surface area contributed by atoms with Gasteiger partial charge < -0.3 is 15.2 Å². The summed E-state index contributed by atoms with van der Waals surface area (Å²) in [5, 5.41) is 12.8. The summed E-state index contributed by atoms with van der Waals surface area (Å²) >= 11 is 0. The summed E-state index contributed by atoms with van der Waals surface area (Å²) in [6.45, 7) is 2.65. The number of aromatic hydroxyl groups is 1. The molecule has 0 atom stereocenters. The molecule has 4 nitrogen and oxygen atoms in total. The molecular weight excluding hydrogens is 302 g/mol. The van der Waals surface area contributed by atoms with Gasteiger partial charge in [0.1, 0.15) is 6.61 Å². The van der Waals surface area contributed by atoms with Crippen LogP contribution in [0.5, 0.6) is 11.5 Å². The lowest BCUT2D eigenvalue weighted by Crippen LogP contribution is -2.22.